The predicted octanol–water partition coefficient (Wildman–Crippen LogP) is 17.7. The predicted molar refractivity (Wildman–Crippen MR) is 266 cm³/mol. The standard InChI is InChI=1S/C56H102O6/c1-4-7-10-13-16-19-22-24-25-26-27-28-29-30-31-33-34-37-40-43-46-49-55(58)61-52-53(51-60-54(57)48-45-42-39-36-21-18-15-12-9-6-3)62-56(59)50-47-44-41-38-35-32-23-20-17-14-11-8-5-2/h22,24,26-27,29-30,53H,4-21,23,25,28,31-52H2,1-3H3/b24-22-,27-26-,30-29-. The highest BCUT2D eigenvalue weighted by Gasteiger charge is 2.19. The Hall–Kier alpha value is -2.37. The molecule has 0 rings (SSSR count). The largest absolute Gasteiger partial charge is 0.462 e. The van der Waals surface area contributed by atoms with Gasteiger partial charge in [0.15, 0.2) is 6.10 Å². The van der Waals surface area contributed by atoms with Gasteiger partial charge in [-0.05, 0) is 57.8 Å². The van der Waals surface area contributed by atoms with Gasteiger partial charge in [-0.3, -0.25) is 14.4 Å². The molecule has 0 bridgehead atoms. The van der Waals surface area contributed by atoms with E-state index < -0.39 is 6.10 Å². The first-order chi connectivity index (χ1) is 30.5. The highest BCUT2D eigenvalue weighted by atomic mass is 16.6. The van der Waals surface area contributed by atoms with Crippen LogP contribution < -0.4 is 0 Å². The molecule has 0 aliphatic rings. The van der Waals surface area contributed by atoms with Crippen molar-refractivity contribution in [3.63, 3.8) is 0 Å². The van der Waals surface area contributed by atoms with Crippen LogP contribution in [0.15, 0.2) is 36.5 Å². The molecular formula is C56H102O6. The summed E-state index contributed by atoms with van der Waals surface area (Å²) < 4.78 is 16.8. The van der Waals surface area contributed by atoms with Crippen molar-refractivity contribution < 1.29 is 28.6 Å². The van der Waals surface area contributed by atoms with Gasteiger partial charge in [0.1, 0.15) is 13.2 Å². The highest BCUT2D eigenvalue weighted by molar-refractivity contribution is 5.71. The Bertz CT molecular complexity index is 1050. The minimum absolute atomic E-state index is 0.0724. The number of unbranched alkanes of at least 4 members (excludes halogenated alkanes) is 32. The third-order valence-electron chi connectivity index (χ3n) is 11.9. The van der Waals surface area contributed by atoms with Gasteiger partial charge in [-0.1, -0.05) is 243 Å². The van der Waals surface area contributed by atoms with Crippen LogP contribution in [0.5, 0.6) is 0 Å². The van der Waals surface area contributed by atoms with Crippen LogP contribution in [-0.4, -0.2) is 37.2 Å². The van der Waals surface area contributed by atoms with Crippen LogP contribution in [0.2, 0.25) is 0 Å². The maximum absolute atomic E-state index is 12.8. The molecule has 0 aromatic carbocycles. The molecule has 0 N–H and O–H groups in total. The Morgan fingerprint density at radius 2 is 0.581 bits per heavy atom. The molecule has 6 heteroatoms. The van der Waals surface area contributed by atoms with Crippen LogP contribution in [-0.2, 0) is 28.6 Å². The SMILES string of the molecule is CCCCCCC/C=C\C/C=C\C/C=C\CCCCCCCCC(=O)OCC(COC(=O)CCCCCCCCCCCC)OC(=O)CCCCCCCCCCCCCCC. The summed E-state index contributed by atoms with van der Waals surface area (Å²) >= 11 is 0. The molecule has 362 valence electrons. The van der Waals surface area contributed by atoms with E-state index in [9.17, 15) is 14.4 Å². The minimum atomic E-state index is -0.771. The van der Waals surface area contributed by atoms with Crippen molar-refractivity contribution in [2.75, 3.05) is 13.2 Å². The average molecular weight is 871 g/mol. The minimum Gasteiger partial charge on any atom is -0.462 e. The van der Waals surface area contributed by atoms with Crippen LogP contribution in [0.4, 0.5) is 0 Å². The Kier molecular flexibility index (Phi) is 49.3. The van der Waals surface area contributed by atoms with Crippen molar-refractivity contribution in [2.24, 2.45) is 0 Å². The lowest BCUT2D eigenvalue weighted by Gasteiger charge is -2.18. The summed E-state index contributed by atoms with van der Waals surface area (Å²) in [6.45, 7) is 6.63. The molecule has 0 aromatic rings. The zero-order valence-corrected chi connectivity index (χ0v) is 41.4. The maximum Gasteiger partial charge on any atom is 0.306 e. The van der Waals surface area contributed by atoms with E-state index >= 15 is 0 Å². The lowest BCUT2D eigenvalue weighted by atomic mass is 10.0. The van der Waals surface area contributed by atoms with E-state index in [1.807, 2.05) is 0 Å². The quantitative estimate of drug-likeness (QED) is 0.0262. The Balaban J connectivity index is 4.29. The number of esters is 3. The number of carbonyl (C=O) groups excluding carboxylic acids is 3. The summed E-state index contributed by atoms with van der Waals surface area (Å²) in [4.78, 5) is 37.9. The van der Waals surface area contributed by atoms with E-state index in [4.69, 9.17) is 14.2 Å². The van der Waals surface area contributed by atoms with Gasteiger partial charge >= 0.3 is 17.9 Å². The molecule has 0 aliphatic carbocycles. The molecule has 0 saturated heterocycles. The lowest BCUT2D eigenvalue weighted by molar-refractivity contribution is -0.167. The first kappa shape index (κ1) is 59.6. The average Bonchev–Trinajstić information content (AvgIpc) is 3.27. The van der Waals surface area contributed by atoms with Crippen LogP contribution in [0, 0.1) is 0 Å². The maximum atomic E-state index is 12.8. The summed E-state index contributed by atoms with van der Waals surface area (Å²) in [6, 6.07) is 0. The van der Waals surface area contributed by atoms with Crippen molar-refractivity contribution in [1.82, 2.24) is 0 Å². The number of hydrogen-bond acceptors (Lipinski definition) is 6. The highest BCUT2D eigenvalue weighted by Crippen LogP contribution is 2.16. The third-order valence-corrected chi connectivity index (χ3v) is 11.9. The molecule has 6 nitrogen and oxygen atoms in total. The molecule has 1 atom stereocenters. The van der Waals surface area contributed by atoms with E-state index in [1.165, 1.54) is 167 Å². The first-order valence-corrected chi connectivity index (χ1v) is 27.0. The summed E-state index contributed by atoms with van der Waals surface area (Å²) in [5, 5.41) is 0. The van der Waals surface area contributed by atoms with Crippen LogP contribution >= 0.6 is 0 Å². The summed E-state index contributed by atoms with van der Waals surface area (Å²) in [7, 11) is 0. The Morgan fingerprint density at radius 3 is 0.903 bits per heavy atom. The van der Waals surface area contributed by atoms with Crippen molar-refractivity contribution in [2.45, 2.75) is 290 Å². The second kappa shape index (κ2) is 51.3. The molecule has 0 amide bonds. The monoisotopic (exact) mass is 871 g/mol. The van der Waals surface area contributed by atoms with Gasteiger partial charge in [0.2, 0.25) is 0 Å². The summed E-state index contributed by atoms with van der Waals surface area (Å²) in [6.07, 6.45) is 59.9. The van der Waals surface area contributed by atoms with Gasteiger partial charge in [0, 0.05) is 19.3 Å². The molecule has 0 saturated carbocycles. The number of allylic oxidation sites excluding steroid dienone is 6. The Morgan fingerprint density at radius 1 is 0.323 bits per heavy atom. The van der Waals surface area contributed by atoms with Gasteiger partial charge in [-0.15, -0.1) is 0 Å². The fourth-order valence-corrected chi connectivity index (χ4v) is 7.80. The van der Waals surface area contributed by atoms with Crippen LogP contribution in [0.25, 0.3) is 0 Å². The molecule has 0 heterocycles. The van der Waals surface area contributed by atoms with E-state index in [0.29, 0.717) is 19.3 Å². The zero-order valence-electron chi connectivity index (χ0n) is 41.4. The third kappa shape index (κ3) is 48.7. The molecule has 0 spiro atoms. The van der Waals surface area contributed by atoms with Crippen molar-refractivity contribution >= 4 is 17.9 Å². The van der Waals surface area contributed by atoms with Gasteiger partial charge in [-0.2, -0.15) is 0 Å². The van der Waals surface area contributed by atoms with E-state index in [-0.39, 0.29) is 31.1 Å². The van der Waals surface area contributed by atoms with E-state index in [0.717, 1.165) is 77.0 Å². The van der Waals surface area contributed by atoms with Gasteiger partial charge in [-0.25, -0.2) is 0 Å². The van der Waals surface area contributed by atoms with Crippen molar-refractivity contribution in [3.8, 4) is 0 Å². The van der Waals surface area contributed by atoms with Crippen molar-refractivity contribution in [3.05, 3.63) is 36.5 Å². The molecule has 1 unspecified atom stereocenters. The van der Waals surface area contributed by atoms with Crippen molar-refractivity contribution in [1.29, 1.82) is 0 Å². The fraction of sp³-hybridized carbons (Fsp3) is 0.839. The molecule has 0 radical (unpaired) electrons. The smallest absolute Gasteiger partial charge is 0.306 e. The fourth-order valence-electron chi connectivity index (χ4n) is 7.80. The van der Waals surface area contributed by atoms with E-state index in [1.54, 1.807) is 0 Å². The van der Waals surface area contributed by atoms with Gasteiger partial charge in [0.25, 0.3) is 0 Å². The molecule has 0 fully saturated rings. The second-order valence-corrected chi connectivity index (χ2v) is 18.2. The zero-order chi connectivity index (χ0) is 45.1. The first-order valence-electron chi connectivity index (χ1n) is 27.0. The Labute approximate surface area is 385 Å². The van der Waals surface area contributed by atoms with Gasteiger partial charge in [0.05, 0.1) is 0 Å². The number of ether oxygens (including phenoxy) is 3. The topological polar surface area (TPSA) is 78.9 Å². The lowest BCUT2D eigenvalue weighted by Crippen LogP contribution is -2.30. The molecule has 62 heavy (non-hydrogen) atoms. The number of carbonyl (C=O) groups is 3. The number of rotatable bonds is 49. The summed E-state index contributed by atoms with van der Waals surface area (Å²) in [5.41, 5.74) is 0. The molecule has 0 aliphatic heterocycles. The molecule has 0 aromatic heterocycles. The number of hydrogen-bond donors (Lipinski definition) is 0. The van der Waals surface area contributed by atoms with Crippen LogP contribution in [0.3, 0.4) is 0 Å². The molecular weight excluding hydrogens is 769 g/mol. The van der Waals surface area contributed by atoms with Gasteiger partial charge < -0.3 is 14.2 Å². The van der Waals surface area contributed by atoms with E-state index in [2.05, 4.69) is 57.2 Å². The second-order valence-electron chi connectivity index (χ2n) is 18.2. The summed E-state index contributed by atoms with van der Waals surface area (Å²) in [5.74, 6) is -0.875. The van der Waals surface area contributed by atoms with Crippen LogP contribution in [0.1, 0.15) is 284 Å². The normalized spacial score (nSPS) is 12.2.